The van der Waals surface area contributed by atoms with Gasteiger partial charge in [-0.25, -0.2) is 0 Å². The highest BCUT2D eigenvalue weighted by molar-refractivity contribution is 4.83. The Labute approximate surface area is 136 Å². The molecule has 22 heavy (non-hydrogen) atoms. The van der Waals surface area contributed by atoms with Gasteiger partial charge in [-0.1, -0.05) is 13.8 Å². The van der Waals surface area contributed by atoms with Gasteiger partial charge in [0.2, 0.25) is 0 Å². The molecule has 0 amide bonds. The van der Waals surface area contributed by atoms with E-state index in [1.807, 2.05) is 0 Å². The number of morpholine rings is 1. The molecule has 2 saturated heterocycles. The van der Waals surface area contributed by atoms with Crippen LogP contribution in [0.4, 0.5) is 0 Å². The Morgan fingerprint density at radius 3 is 2.09 bits per heavy atom. The molecule has 0 aliphatic carbocycles. The first kappa shape index (κ1) is 18.1. The van der Waals surface area contributed by atoms with Gasteiger partial charge in [0.05, 0.1) is 18.8 Å². The number of nitrogens with one attached hydrogen (secondary N) is 1. The van der Waals surface area contributed by atoms with E-state index < -0.39 is 5.60 Å². The summed E-state index contributed by atoms with van der Waals surface area (Å²) in [5.41, 5.74) is -0.520. The molecule has 0 radical (unpaired) electrons. The first-order valence-corrected chi connectivity index (χ1v) is 9.13. The standard InChI is InChI=1S/C17H35N3O2/c1-3-17(21,4-2)15-18-16-5-7-19(8-6-16)9-10-20-11-13-22-14-12-20/h16,18,21H,3-15H2,1-2H3. The molecule has 2 heterocycles. The van der Waals surface area contributed by atoms with Gasteiger partial charge >= 0.3 is 0 Å². The first-order valence-electron chi connectivity index (χ1n) is 9.13. The van der Waals surface area contributed by atoms with Crippen LogP contribution in [0.5, 0.6) is 0 Å². The SMILES string of the molecule is CCC(O)(CC)CNC1CCN(CCN2CCOCC2)CC1. The first-order chi connectivity index (χ1) is 10.6. The van der Waals surface area contributed by atoms with Crippen molar-refractivity contribution in [3.63, 3.8) is 0 Å². The molecule has 0 atom stereocenters. The Morgan fingerprint density at radius 2 is 1.55 bits per heavy atom. The lowest BCUT2D eigenvalue weighted by atomic mass is 9.96. The Kier molecular flexibility index (Phi) is 7.57. The van der Waals surface area contributed by atoms with Crippen LogP contribution in [0.25, 0.3) is 0 Å². The van der Waals surface area contributed by atoms with Crippen molar-refractivity contribution in [2.24, 2.45) is 0 Å². The summed E-state index contributed by atoms with van der Waals surface area (Å²) in [7, 11) is 0. The van der Waals surface area contributed by atoms with Crippen LogP contribution in [0.2, 0.25) is 0 Å². The third kappa shape index (κ3) is 5.78. The predicted molar refractivity (Wildman–Crippen MR) is 90.3 cm³/mol. The summed E-state index contributed by atoms with van der Waals surface area (Å²) >= 11 is 0. The monoisotopic (exact) mass is 313 g/mol. The van der Waals surface area contributed by atoms with Crippen molar-refractivity contribution in [1.82, 2.24) is 15.1 Å². The molecule has 0 aromatic carbocycles. The van der Waals surface area contributed by atoms with Crippen LogP contribution < -0.4 is 5.32 Å². The van der Waals surface area contributed by atoms with Crippen molar-refractivity contribution in [3.8, 4) is 0 Å². The second kappa shape index (κ2) is 9.18. The molecule has 0 spiro atoms. The minimum atomic E-state index is -0.520. The van der Waals surface area contributed by atoms with E-state index in [9.17, 15) is 5.11 Å². The third-order valence-electron chi connectivity index (χ3n) is 5.46. The average Bonchev–Trinajstić information content (AvgIpc) is 2.59. The second-order valence-corrected chi connectivity index (χ2v) is 6.88. The average molecular weight is 313 g/mol. The lowest BCUT2D eigenvalue weighted by Gasteiger charge is -2.36. The molecule has 130 valence electrons. The van der Waals surface area contributed by atoms with E-state index in [4.69, 9.17) is 4.74 Å². The molecule has 2 fully saturated rings. The number of ether oxygens (including phenoxy) is 1. The topological polar surface area (TPSA) is 48.0 Å². The number of hydrogen-bond acceptors (Lipinski definition) is 5. The molecule has 0 aromatic heterocycles. The van der Waals surface area contributed by atoms with E-state index >= 15 is 0 Å². The second-order valence-electron chi connectivity index (χ2n) is 6.88. The maximum Gasteiger partial charge on any atom is 0.0766 e. The van der Waals surface area contributed by atoms with Crippen LogP contribution in [0.3, 0.4) is 0 Å². The van der Waals surface area contributed by atoms with Crippen molar-refractivity contribution in [1.29, 1.82) is 0 Å². The van der Waals surface area contributed by atoms with Gasteiger partial charge in [0, 0.05) is 38.8 Å². The molecule has 2 N–H and O–H groups in total. The van der Waals surface area contributed by atoms with E-state index in [2.05, 4.69) is 29.0 Å². The molecule has 5 nitrogen and oxygen atoms in total. The van der Waals surface area contributed by atoms with Gasteiger partial charge in [-0.2, -0.15) is 0 Å². The fraction of sp³-hybridized carbons (Fsp3) is 1.00. The van der Waals surface area contributed by atoms with Gasteiger partial charge in [0.15, 0.2) is 0 Å². The van der Waals surface area contributed by atoms with Crippen LogP contribution in [0, 0.1) is 0 Å². The van der Waals surface area contributed by atoms with Gasteiger partial charge in [0.1, 0.15) is 0 Å². The van der Waals surface area contributed by atoms with Gasteiger partial charge in [-0.3, -0.25) is 4.90 Å². The van der Waals surface area contributed by atoms with Crippen molar-refractivity contribution in [2.75, 3.05) is 59.0 Å². The Bertz CT molecular complexity index is 296. The van der Waals surface area contributed by atoms with Crippen LogP contribution in [0.1, 0.15) is 39.5 Å². The van der Waals surface area contributed by atoms with Gasteiger partial charge in [0.25, 0.3) is 0 Å². The third-order valence-corrected chi connectivity index (χ3v) is 5.46. The number of piperidine rings is 1. The zero-order valence-electron chi connectivity index (χ0n) is 14.5. The zero-order valence-corrected chi connectivity index (χ0v) is 14.5. The van der Waals surface area contributed by atoms with Crippen molar-refractivity contribution < 1.29 is 9.84 Å². The molecule has 2 rings (SSSR count). The summed E-state index contributed by atoms with van der Waals surface area (Å²) < 4.78 is 5.39. The van der Waals surface area contributed by atoms with Crippen LogP contribution in [0.15, 0.2) is 0 Å². The fourth-order valence-electron chi connectivity index (χ4n) is 3.30. The fourth-order valence-corrected chi connectivity index (χ4v) is 3.30. The van der Waals surface area contributed by atoms with Crippen molar-refractivity contribution in [3.05, 3.63) is 0 Å². The quantitative estimate of drug-likeness (QED) is 0.698. The number of rotatable bonds is 8. The van der Waals surface area contributed by atoms with Crippen LogP contribution in [-0.4, -0.2) is 85.6 Å². The zero-order chi connectivity index (χ0) is 15.8. The van der Waals surface area contributed by atoms with Crippen LogP contribution in [-0.2, 0) is 4.74 Å². The predicted octanol–water partition coefficient (Wildman–Crippen LogP) is 0.924. The highest BCUT2D eigenvalue weighted by Crippen LogP contribution is 2.16. The lowest BCUT2D eigenvalue weighted by molar-refractivity contribution is 0.0243. The largest absolute Gasteiger partial charge is 0.389 e. The highest BCUT2D eigenvalue weighted by atomic mass is 16.5. The minimum absolute atomic E-state index is 0.520. The number of aliphatic hydroxyl groups is 1. The minimum Gasteiger partial charge on any atom is -0.389 e. The number of hydrogen-bond donors (Lipinski definition) is 2. The van der Waals surface area contributed by atoms with Gasteiger partial charge < -0.3 is 20.1 Å². The maximum absolute atomic E-state index is 10.4. The lowest BCUT2D eigenvalue weighted by Crippen LogP contribution is -2.49. The highest BCUT2D eigenvalue weighted by Gasteiger charge is 2.25. The Morgan fingerprint density at radius 1 is 1.00 bits per heavy atom. The molecule has 2 aliphatic heterocycles. The molecule has 0 bridgehead atoms. The van der Waals surface area contributed by atoms with E-state index in [1.54, 1.807) is 0 Å². The molecule has 2 aliphatic rings. The smallest absolute Gasteiger partial charge is 0.0766 e. The van der Waals surface area contributed by atoms with E-state index in [0.29, 0.717) is 6.04 Å². The van der Waals surface area contributed by atoms with Crippen molar-refractivity contribution >= 4 is 0 Å². The molecule has 0 saturated carbocycles. The summed E-state index contributed by atoms with van der Waals surface area (Å²) in [6.07, 6.45) is 4.06. The Hall–Kier alpha value is -0.200. The molecule has 0 aromatic rings. The maximum atomic E-state index is 10.4. The molecule has 0 unspecified atom stereocenters. The van der Waals surface area contributed by atoms with Crippen molar-refractivity contribution in [2.45, 2.75) is 51.2 Å². The van der Waals surface area contributed by atoms with Crippen LogP contribution >= 0.6 is 0 Å². The summed E-state index contributed by atoms with van der Waals surface area (Å²) in [5, 5.41) is 13.9. The summed E-state index contributed by atoms with van der Waals surface area (Å²) in [6, 6.07) is 0.573. The summed E-state index contributed by atoms with van der Waals surface area (Å²) in [6.45, 7) is 13.5. The van der Waals surface area contributed by atoms with E-state index in [1.165, 1.54) is 39.0 Å². The number of nitrogens with zero attached hydrogens (tertiary/aromatic N) is 2. The summed E-state index contributed by atoms with van der Waals surface area (Å²) in [5.74, 6) is 0. The molecular weight excluding hydrogens is 278 g/mol. The Balaban J connectivity index is 1.59. The van der Waals surface area contributed by atoms with Gasteiger partial charge in [-0.15, -0.1) is 0 Å². The van der Waals surface area contributed by atoms with Gasteiger partial charge in [-0.05, 0) is 38.8 Å². The molecular formula is C17H35N3O2. The van der Waals surface area contributed by atoms with E-state index in [0.717, 1.165) is 45.7 Å². The molecule has 5 heteroatoms. The normalized spacial score (nSPS) is 23.0. The number of likely N-dealkylation sites (tertiary alicyclic amines) is 1. The summed E-state index contributed by atoms with van der Waals surface area (Å²) in [4.78, 5) is 5.09. The van der Waals surface area contributed by atoms with E-state index in [-0.39, 0.29) is 0 Å².